The van der Waals surface area contributed by atoms with E-state index in [1.54, 1.807) is 13.2 Å². The molecule has 5 heteroatoms. The van der Waals surface area contributed by atoms with Crippen LogP contribution < -0.4 is 14.8 Å². The first-order valence-electron chi connectivity index (χ1n) is 8.53. The molecule has 0 heterocycles. The van der Waals surface area contributed by atoms with Crippen LogP contribution in [0.5, 0.6) is 11.5 Å². The molecule has 1 saturated carbocycles. The van der Waals surface area contributed by atoms with Crippen LogP contribution in [0, 0.1) is 0 Å². The van der Waals surface area contributed by atoms with Crippen LogP contribution in [0.15, 0.2) is 42.5 Å². The second-order valence-electron chi connectivity index (χ2n) is 6.21. The summed E-state index contributed by atoms with van der Waals surface area (Å²) in [4.78, 5) is 12.3. The van der Waals surface area contributed by atoms with Crippen LogP contribution in [-0.2, 0) is 11.2 Å². The summed E-state index contributed by atoms with van der Waals surface area (Å²) >= 11 is 6.11. The molecule has 3 rings (SSSR count). The lowest BCUT2D eigenvalue weighted by atomic mass is 10.1. The number of methoxy groups -OCH3 is 1. The fourth-order valence-corrected chi connectivity index (χ4v) is 3.25. The van der Waals surface area contributed by atoms with Gasteiger partial charge in [0.1, 0.15) is 0 Å². The number of hydrogen-bond acceptors (Lipinski definition) is 3. The third-order valence-electron chi connectivity index (χ3n) is 4.35. The lowest BCUT2D eigenvalue weighted by Gasteiger charge is -2.17. The molecule has 0 bridgehead atoms. The van der Waals surface area contributed by atoms with Gasteiger partial charge in [0, 0.05) is 16.8 Å². The van der Waals surface area contributed by atoms with Crippen LogP contribution in [0.4, 0.5) is 5.69 Å². The molecular weight excluding hydrogens is 338 g/mol. The number of rotatable bonds is 6. The Kier molecular flexibility index (Phi) is 5.82. The second kappa shape index (κ2) is 8.26. The number of anilines is 1. The molecule has 1 fully saturated rings. The highest BCUT2D eigenvalue weighted by molar-refractivity contribution is 6.31. The van der Waals surface area contributed by atoms with Crippen LogP contribution in [0.25, 0.3) is 0 Å². The number of nitrogens with one attached hydrogen (secondary N) is 1. The van der Waals surface area contributed by atoms with E-state index in [0.29, 0.717) is 22.2 Å². The lowest BCUT2D eigenvalue weighted by molar-refractivity contribution is -0.115. The van der Waals surface area contributed by atoms with E-state index in [0.717, 1.165) is 18.4 Å². The molecule has 0 unspecified atom stereocenters. The molecule has 1 N–H and O–H groups in total. The molecule has 0 saturated heterocycles. The maximum absolute atomic E-state index is 12.3. The molecule has 0 aromatic heterocycles. The summed E-state index contributed by atoms with van der Waals surface area (Å²) in [5.41, 5.74) is 1.49. The number of carbonyl (C=O) groups excluding carboxylic acids is 1. The van der Waals surface area contributed by atoms with Crippen molar-refractivity contribution in [1.82, 2.24) is 0 Å². The summed E-state index contributed by atoms with van der Waals surface area (Å²) in [6, 6.07) is 12.8. The molecule has 132 valence electrons. The highest BCUT2D eigenvalue weighted by Crippen LogP contribution is 2.34. The Morgan fingerprint density at radius 3 is 2.64 bits per heavy atom. The zero-order chi connectivity index (χ0) is 17.6. The van der Waals surface area contributed by atoms with Crippen LogP contribution in [0.1, 0.15) is 31.2 Å². The summed E-state index contributed by atoms with van der Waals surface area (Å²) in [7, 11) is 1.62. The summed E-state index contributed by atoms with van der Waals surface area (Å²) < 4.78 is 11.4. The predicted molar refractivity (Wildman–Crippen MR) is 99.7 cm³/mol. The molecule has 0 radical (unpaired) electrons. The van der Waals surface area contributed by atoms with E-state index in [4.69, 9.17) is 21.1 Å². The average Bonchev–Trinajstić information content (AvgIpc) is 3.10. The number of halogens is 1. The normalized spacial score (nSPS) is 14.3. The minimum absolute atomic E-state index is 0.120. The van der Waals surface area contributed by atoms with E-state index >= 15 is 0 Å². The number of amides is 1. The lowest BCUT2D eigenvalue weighted by Crippen LogP contribution is -2.15. The summed E-state index contributed by atoms with van der Waals surface area (Å²) in [6.45, 7) is 0. The number of hydrogen-bond donors (Lipinski definition) is 1. The maximum atomic E-state index is 12.3. The summed E-state index contributed by atoms with van der Waals surface area (Å²) in [6.07, 6.45) is 4.97. The molecular formula is C20H22ClNO3. The third-order valence-corrected chi connectivity index (χ3v) is 4.72. The van der Waals surface area contributed by atoms with E-state index in [-0.39, 0.29) is 18.4 Å². The number of carbonyl (C=O) groups is 1. The van der Waals surface area contributed by atoms with E-state index in [2.05, 4.69) is 5.32 Å². The Hall–Kier alpha value is -2.20. The Morgan fingerprint density at radius 1 is 1.16 bits per heavy atom. The van der Waals surface area contributed by atoms with Crippen molar-refractivity contribution in [2.75, 3.05) is 12.4 Å². The molecule has 0 atom stereocenters. The molecule has 1 aliphatic carbocycles. The van der Waals surface area contributed by atoms with Crippen LogP contribution in [-0.4, -0.2) is 19.1 Å². The average molecular weight is 360 g/mol. The Labute approximate surface area is 153 Å². The van der Waals surface area contributed by atoms with Gasteiger partial charge >= 0.3 is 0 Å². The highest BCUT2D eigenvalue weighted by Gasteiger charge is 2.19. The Morgan fingerprint density at radius 2 is 1.92 bits per heavy atom. The summed E-state index contributed by atoms with van der Waals surface area (Å²) in [5.74, 6) is 1.23. The van der Waals surface area contributed by atoms with Crippen molar-refractivity contribution >= 4 is 23.2 Å². The first-order chi connectivity index (χ1) is 12.2. The Balaban J connectivity index is 1.69. The van der Waals surface area contributed by atoms with E-state index < -0.39 is 0 Å². The Bertz CT molecular complexity index is 741. The van der Waals surface area contributed by atoms with Crippen molar-refractivity contribution < 1.29 is 14.3 Å². The van der Waals surface area contributed by atoms with Gasteiger partial charge in [0.15, 0.2) is 11.5 Å². The van der Waals surface area contributed by atoms with Crippen molar-refractivity contribution in [3.63, 3.8) is 0 Å². The van der Waals surface area contributed by atoms with E-state index in [1.807, 2.05) is 36.4 Å². The van der Waals surface area contributed by atoms with Gasteiger partial charge in [-0.15, -0.1) is 0 Å². The van der Waals surface area contributed by atoms with Crippen LogP contribution >= 0.6 is 11.6 Å². The quantitative estimate of drug-likeness (QED) is 0.801. The summed E-state index contributed by atoms with van der Waals surface area (Å²) in [5, 5.41) is 3.50. The van der Waals surface area contributed by atoms with Gasteiger partial charge in [0.2, 0.25) is 5.91 Å². The van der Waals surface area contributed by atoms with Crippen molar-refractivity contribution in [2.45, 2.75) is 38.2 Å². The smallest absolute Gasteiger partial charge is 0.228 e. The first kappa shape index (κ1) is 17.6. The molecule has 1 aliphatic rings. The van der Waals surface area contributed by atoms with Gasteiger partial charge in [0.25, 0.3) is 0 Å². The predicted octanol–water partition coefficient (Wildman–Crippen LogP) is 4.85. The fourth-order valence-electron chi connectivity index (χ4n) is 3.05. The molecule has 0 spiro atoms. The zero-order valence-electron chi connectivity index (χ0n) is 14.3. The maximum Gasteiger partial charge on any atom is 0.228 e. The SMILES string of the molecule is COc1ccc(NC(=O)Cc2ccccc2Cl)cc1OC1CCCC1. The zero-order valence-corrected chi connectivity index (χ0v) is 15.0. The van der Waals surface area contributed by atoms with E-state index in [9.17, 15) is 4.79 Å². The van der Waals surface area contributed by atoms with E-state index in [1.165, 1.54) is 12.8 Å². The molecule has 2 aromatic carbocycles. The minimum Gasteiger partial charge on any atom is -0.493 e. The van der Waals surface area contributed by atoms with Crippen molar-refractivity contribution in [3.8, 4) is 11.5 Å². The van der Waals surface area contributed by atoms with Crippen molar-refractivity contribution in [1.29, 1.82) is 0 Å². The molecule has 25 heavy (non-hydrogen) atoms. The minimum atomic E-state index is -0.120. The first-order valence-corrected chi connectivity index (χ1v) is 8.91. The third kappa shape index (κ3) is 4.67. The standard InChI is InChI=1S/C20H22ClNO3/c1-24-18-11-10-15(13-19(18)25-16-7-3-4-8-16)22-20(23)12-14-6-2-5-9-17(14)21/h2,5-6,9-11,13,16H,3-4,7-8,12H2,1H3,(H,22,23). The van der Waals surface area contributed by atoms with Gasteiger partial charge in [-0.05, 0) is 49.4 Å². The highest BCUT2D eigenvalue weighted by atomic mass is 35.5. The monoisotopic (exact) mass is 359 g/mol. The molecule has 2 aromatic rings. The van der Waals surface area contributed by atoms with Gasteiger partial charge in [0.05, 0.1) is 19.6 Å². The molecule has 1 amide bonds. The van der Waals surface area contributed by atoms with Gasteiger partial charge in [-0.2, -0.15) is 0 Å². The topological polar surface area (TPSA) is 47.6 Å². The number of ether oxygens (including phenoxy) is 2. The molecule has 0 aliphatic heterocycles. The van der Waals surface area contributed by atoms with Gasteiger partial charge in [-0.1, -0.05) is 29.8 Å². The van der Waals surface area contributed by atoms with Crippen molar-refractivity contribution in [3.05, 3.63) is 53.1 Å². The second-order valence-corrected chi connectivity index (χ2v) is 6.61. The largest absolute Gasteiger partial charge is 0.493 e. The van der Waals surface area contributed by atoms with Crippen molar-refractivity contribution in [2.24, 2.45) is 0 Å². The number of benzene rings is 2. The van der Waals surface area contributed by atoms with Gasteiger partial charge < -0.3 is 14.8 Å². The molecule has 4 nitrogen and oxygen atoms in total. The van der Waals surface area contributed by atoms with Crippen LogP contribution in [0.3, 0.4) is 0 Å². The fraction of sp³-hybridized carbons (Fsp3) is 0.350. The van der Waals surface area contributed by atoms with Gasteiger partial charge in [-0.25, -0.2) is 0 Å². The van der Waals surface area contributed by atoms with Gasteiger partial charge in [-0.3, -0.25) is 4.79 Å². The van der Waals surface area contributed by atoms with Crippen LogP contribution in [0.2, 0.25) is 5.02 Å².